The molecule has 0 fully saturated rings. The Morgan fingerprint density at radius 3 is 3.06 bits per heavy atom. The minimum atomic E-state index is -0.293. The maximum atomic E-state index is 11.6. The van der Waals surface area contributed by atoms with Gasteiger partial charge in [0.15, 0.2) is 0 Å². The number of methoxy groups -OCH3 is 1. The van der Waals surface area contributed by atoms with E-state index in [0.717, 1.165) is 35.3 Å². The lowest BCUT2D eigenvalue weighted by Gasteiger charge is -2.20. The van der Waals surface area contributed by atoms with Crippen molar-refractivity contribution in [2.75, 3.05) is 7.11 Å². The van der Waals surface area contributed by atoms with E-state index in [1.807, 2.05) is 23.7 Å². The van der Waals surface area contributed by atoms with E-state index in [4.69, 9.17) is 4.74 Å². The summed E-state index contributed by atoms with van der Waals surface area (Å²) in [5.74, 6) is -0.293. The molecular weight excluding hydrogens is 230 g/mol. The molecule has 3 rings (SSSR count). The molecule has 0 aliphatic carbocycles. The first-order valence-electron chi connectivity index (χ1n) is 5.81. The number of hydrogen-bond donors (Lipinski definition) is 0. The molecular formula is C13H13N3O2. The van der Waals surface area contributed by atoms with E-state index in [2.05, 4.69) is 10.3 Å². The molecule has 2 heterocycles. The zero-order valence-electron chi connectivity index (χ0n) is 10.3. The molecule has 2 aromatic rings. The second-order valence-electron chi connectivity index (χ2n) is 4.41. The molecule has 0 radical (unpaired) electrons. The van der Waals surface area contributed by atoms with Crippen LogP contribution in [0, 0.1) is 6.92 Å². The first-order valence-corrected chi connectivity index (χ1v) is 5.81. The van der Waals surface area contributed by atoms with E-state index in [0.29, 0.717) is 5.56 Å². The van der Waals surface area contributed by atoms with Crippen molar-refractivity contribution in [3.8, 4) is 11.3 Å². The Kier molecular flexibility index (Phi) is 2.40. The molecule has 0 saturated carbocycles. The number of ether oxygens (including phenoxy) is 1. The second-order valence-corrected chi connectivity index (χ2v) is 4.41. The van der Waals surface area contributed by atoms with Crippen LogP contribution in [-0.4, -0.2) is 28.1 Å². The lowest BCUT2D eigenvalue weighted by atomic mass is 9.92. The summed E-state index contributed by atoms with van der Waals surface area (Å²) in [4.78, 5) is 11.6. The number of hydrogen-bond acceptors (Lipinski definition) is 4. The van der Waals surface area contributed by atoms with Crippen LogP contribution < -0.4 is 0 Å². The van der Waals surface area contributed by atoms with Crippen LogP contribution in [0.25, 0.3) is 11.3 Å². The normalized spacial score (nSPS) is 12.8. The highest BCUT2D eigenvalue weighted by Gasteiger charge is 2.21. The van der Waals surface area contributed by atoms with E-state index < -0.39 is 0 Å². The number of carbonyl (C=O) groups excluding carboxylic acids is 1. The van der Waals surface area contributed by atoms with Gasteiger partial charge in [0.1, 0.15) is 0 Å². The molecule has 0 bridgehead atoms. The number of rotatable bonds is 1. The fraction of sp³-hybridized carbons (Fsp3) is 0.308. The van der Waals surface area contributed by atoms with Crippen LogP contribution in [0.5, 0.6) is 0 Å². The zero-order chi connectivity index (χ0) is 12.7. The maximum absolute atomic E-state index is 11.6. The number of carbonyl (C=O) groups is 1. The highest BCUT2D eigenvalue weighted by molar-refractivity contribution is 5.91. The summed E-state index contributed by atoms with van der Waals surface area (Å²) in [6.07, 6.45) is 2.63. The molecule has 0 unspecified atom stereocenters. The maximum Gasteiger partial charge on any atom is 0.337 e. The summed E-state index contributed by atoms with van der Waals surface area (Å²) in [6, 6.07) is 3.76. The van der Waals surface area contributed by atoms with Crippen molar-refractivity contribution in [3.05, 3.63) is 35.0 Å². The first kappa shape index (κ1) is 11.0. The fourth-order valence-electron chi connectivity index (χ4n) is 2.50. The molecule has 5 heteroatoms. The first-order chi connectivity index (χ1) is 8.70. The topological polar surface area (TPSA) is 57.0 Å². The van der Waals surface area contributed by atoms with Crippen LogP contribution in [0.3, 0.4) is 0 Å². The number of benzene rings is 1. The average molecular weight is 243 g/mol. The smallest absolute Gasteiger partial charge is 0.337 e. The van der Waals surface area contributed by atoms with Crippen LogP contribution in [0.15, 0.2) is 18.3 Å². The van der Waals surface area contributed by atoms with Crippen LogP contribution in [0.4, 0.5) is 0 Å². The molecule has 1 aliphatic rings. The lowest BCUT2D eigenvalue weighted by Crippen LogP contribution is -2.14. The minimum absolute atomic E-state index is 0.293. The Morgan fingerprint density at radius 1 is 1.44 bits per heavy atom. The third-order valence-electron chi connectivity index (χ3n) is 3.31. The monoisotopic (exact) mass is 243 g/mol. The van der Waals surface area contributed by atoms with E-state index in [-0.39, 0.29) is 5.97 Å². The van der Waals surface area contributed by atoms with Gasteiger partial charge in [-0.25, -0.2) is 9.48 Å². The highest BCUT2D eigenvalue weighted by Crippen LogP contribution is 2.32. The average Bonchev–Trinajstić information content (AvgIpc) is 2.85. The molecule has 1 aromatic carbocycles. The number of aryl methyl sites for hydroxylation is 3. The lowest BCUT2D eigenvalue weighted by molar-refractivity contribution is 0.0600. The molecule has 0 amide bonds. The van der Waals surface area contributed by atoms with Gasteiger partial charge >= 0.3 is 5.97 Å². The summed E-state index contributed by atoms with van der Waals surface area (Å²) >= 11 is 0. The van der Waals surface area contributed by atoms with Crippen molar-refractivity contribution in [1.82, 2.24) is 15.0 Å². The molecule has 18 heavy (non-hydrogen) atoms. The summed E-state index contributed by atoms with van der Waals surface area (Å²) in [5.41, 5.74) is 4.97. The molecule has 0 saturated heterocycles. The number of aromatic nitrogens is 3. The molecule has 1 aliphatic heterocycles. The van der Waals surface area contributed by atoms with Gasteiger partial charge in [0.25, 0.3) is 0 Å². The van der Waals surface area contributed by atoms with Gasteiger partial charge < -0.3 is 4.74 Å². The third kappa shape index (κ3) is 1.51. The second kappa shape index (κ2) is 3.94. The zero-order valence-corrected chi connectivity index (χ0v) is 10.3. The predicted molar refractivity (Wildman–Crippen MR) is 65.2 cm³/mol. The summed E-state index contributed by atoms with van der Waals surface area (Å²) in [7, 11) is 1.40. The summed E-state index contributed by atoms with van der Waals surface area (Å²) in [5, 5.41) is 7.98. The van der Waals surface area contributed by atoms with Crippen molar-refractivity contribution in [2.45, 2.75) is 19.9 Å². The van der Waals surface area contributed by atoms with Gasteiger partial charge in [0.2, 0.25) is 0 Å². The SMILES string of the molecule is COC(=O)c1cc(C)c2c(c1)CCn1nncc1-2. The Bertz CT molecular complexity index is 631. The number of esters is 1. The van der Waals surface area contributed by atoms with E-state index >= 15 is 0 Å². The van der Waals surface area contributed by atoms with Gasteiger partial charge in [-0.05, 0) is 36.6 Å². The Labute approximate surface area is 104 Å². The predicted octanol–water partition coefficient (Wildman–Crippen LogP) is 1.60. The molecule has 92 valence electrons. The van der Waals surface area contributed by atoms with Crippen molar-refractivity contribution in [1.29, 1.82) is 0 Å². The van der Waals surface area contributed by atoms with Crippen LogP contribution in [0.2, 0.25) is 0 Å². The van der Waals surface area contributed by atoms with Crippen molar-refractivity contribution < 1.29 is 9.53 Å². The third-order valence-corrected chi connectivity index (χ3v) is 3.31. The quantitative estimate of drug-likeness (QED) is 0.714. The summed E-state index contributed by atoms with van der Waals surface area (Å²) in [6.45, 7) is 2.79. The van der Waals surface area contributed by atoms with Crippen molar-refractivity contribution in [3.63, 3.8) is 0 Å². The largest absolute Gasteiger partial charge is 0.465 e. The molecule has 1 aromatic heterocycles. The van der Waals surface area contributed by atoms with Gasteiger partial charge in [-0.15, -0.1) is 5.10 Å². The van der Waals surface area contributed by atoms with Crippen LogP contribution >= 0.6 is 0 Å². The van der Waals surface area contributed by atoms with E-state index in [1.165, 1.54) is 7.11 Å². The standard InChI is InChI=1S/C13H13N3O2/c1-8-5-10(13(17)18-2)6-9-3-4-16-11(12(8)9)7-14-15-16/h5-7H,3-4H2,1-2H3. The Morgan fingerprint density at radius 2 is 2.28 bits per heavy atom. The Hall–Kier alpha value is -2.17. The van der Waals surface area contributed by atoms with Crippen LogP contribution in [0.1, 0.15) is 21.5 Å². The molecule has 0 N–H and O–H groups in total. The van der Waals surface area contributed by atoms with Gasteiger partial charge in [0, 0.05) is 12.1 Å². The van der Waals surface area contributed by atoms with Gasteiger partial charge in [-0.3, -0.25) is 0 Å². The Balaban J connectivity index is 2.19. The highest BCUT2D eigenvalue weighted by atomic mass is 16.5. The van der Waals surface area contributed by atoms with E-state index in [1.54, 1.807) is 6.20 Å². The van der Waals surface area contributed by atoms with Crippen LogP contribution in [-0.2, 0) is 17.7 Å². The van der Waals surface area contributed by atoms with E-state index in [9.17, 15) is 4.79 Å². The van der Waals surface area contributed by atoms with Crippen molar-refractivity contribution >= 4 is 5.97 Å². The van der Waals surface area contributed by atoms with Gasteiger partial charge in [-0.1, -0.05) is 5.21 Å². The number of fused-ring (bicyclic) bond motifs is 3. The van der Waals surface area contributed by atoms with Crippen molar-refractivity contribution in [2.24, 2.45) is 0 Å². The minimum Gasteiger partial charge on any atom is -0.465 e. The molecule has 0 spiro atoms. The summed E-state index contributed by atoms with van der Waals surface area (Å²) < 4.78 is 6.66. The van der Waals surface area contributed by atoms with Gasteiger partial charge in [-0.2, -0.15) is 0 Å². The molecule has 5 nitrogen and oxygen atoms in total. The number of nitrogens with zero attached hydrogens (tertiary/aromatic N) is 3. The fourth-order valence-corrected chi connectivity index (χ4v) is 2.50. The van der Waals surface area contributed by atoms with Gasteiger partial charge in [0.05, 0.1) is 24.6 Å². The molecule has 0 atom stereocenters.